The van der Waals surface area contributed by atoms with E-state index in [0.717, 1.165) is 42.9 Å². The highest BCUT2D eigenvalue weighted by Crippen LogP contribution is 2.21. The first-order valence-corrected chi connectivity index (χ1v) is 13.7. The van der Waals surface area contributed by atoms with E-state index in [1.54, 1.807) is 30.8 Å². The van der Waals surface area contributed by atoms with Gasteiger partial charge in [0.15, 0.2) is 0 Å². The van der Waals surface area contributed by atoms with Crippen LogP contribution in [0.4, 0.5) is 21.0 Å². The number of likely N-dealkylation sites (N-methyl/N-ethyl adjacent to an activating group) is 1. The van der Waals surface area contributed by atoms with Gasteiger partial charge in [0.1, 0.15) is 0 Å². The van der Waals surface area contributed by atoms with Crippen molar-refractivity contribution in [1.82, 2.24) is 14.7 Å². The highest BCUT2D eigenvalue weighted by atomic mass is 16.2. The Kier molecular flexibility index (Phi) is 10.6. The lowest BCUT2D eigenvalue weighted by Crippen LogP contribution is -2.44. The molecule has 1 atom stereocenters. The zero-order valence-corrected chi connectivity index (χ0v) is 23.6. The van der Waals surface area contributed by atoms with Crippen LogP contribution >= 0.6 is 0 Å². The molecule has 5 amide bonds. The van der Waals surface area contributed by atoms with Gasteiger partial charge in [0.25, 0.3) is 0 Å². The molecule has 1 heterocycles. The van der Waals surface area contributed by atoms with Crippen LogP contribution in [0.1, 0.15) is 39.2 Å². The van der Waals surface area contributed by atoms with E-state index in [1.165, 1.54) is 0 Å². The number of nitrogens with zero attached hydrogens (tertiary/aromatic N) is 5. The number of para-hydroxylation sites is 1. The number of benzene rings is 2. The van der Waals surface area contributed by atoms with Gasteiger partial charge in [-0.25, -0.2) is 9.59 Å². The molecule has 8 nitrogen and oxygen atoms in total. The maximum absolute atomic E-state index is 13.3. The third-order valence-corrected chi connectivity index (χ3v) is 7.53. The second-order valence-electron chi connectivity index (χ2n) is 10.0. The fourth-order valence-corrected chi connectivity index (χ4v) is 4.95. The molecule has 1 saturated heterocycles. The predicted molar refractivity (Wildman–Crippen MR) is 154 cm³/mol. The van der Waals surface area contributed by atoms with Gasteiger partial charge in [0.2, 0.25) is 5.91 Å². The Morgan fingerprint density at radius 2 is 1.47 bits per heavy atom. The van der Waals surface area contributed by atoms with Gasteiger partial charge in [-0.15, -0.1) is 0 Å². The predicted octanol–water partition coefficient (Wildman–Crippen LogP) is 4.94. The first kappa shape index (κ1) is 29.0. The minimum atomic E-state index is -0.119. The van der Waals surface area contributed by atoms with Gasteiger partial charge in [-0.1, -0.05) is 30.3 Å². The largest absolute Gasteiger partial charge is 0.343 e. The van der Waals surface area contributed by atoms with Crippen molar-refractivity contribution in [2.75, 3.05) is 63.2 Å². The van der Waals surface area contributed by atoms with Crippen molar-refractivity contribution >= 4 is 29.3 Å². The summed E-state index contributed by atoms with van der Waals surface area (Å²) in [5.74, 6) is 0.593. The second kappa shape index (κ2) is 13.8. The molecule has 8 heteroatoms. The maximum Gasteiger partial charge on any atom is 0.328 e. The zero-order valence-electron chi connectivity index (χ0n) is 23.6. The molecule has 2 aromatic carbocycles. The lowest BCUT2D eigenvalue weighted by molar-refractivity contribution is -0.127. The van der Waals surface area contributed by atoms with E-state index in [1.807, 2.05) is 83.1 Å². The number of hydrogen-bond acceptors (Lipinski definition) is 3. The number of carbonyl (C=O) groups is 3. The fourth-order valence-electron chi connectivity index (χ4n) is 4.95. The molecule has 1 aliphatic rings. The quantitative estimate of drug-likeness (QED) is 0.445. The van der Waals surface area contributed by atoms with Crippen LogP contribution in [0.2, 0.25) is 0 Å². The summed E-state index contributed by atoms with van der Waals surface area (Å²) in [6.45, 7) is 9.89. The standard InChI is InChI=1S/C30H43N5O3/c1-6-33(30(38)34(7-2)20-17-26-18-21-35(23-26)24(3)36)19-16-25-12-11-15-28(22-25)32(5)29(37)31(4)27-13-9-8-10-14-27/h8-15,22,26H,6-7,16-21,23H2,1-5H3. The van der Waals surface area contributed by atoms with E-state index >= 15 is 0 Å². The summed E-state index contributed by atoms with van der Waals surface area (Å²) in [5.41, 5.74) is 2.73. The van der Waals surface area contributed by atoms with Crippen molar-refractivity contribution < 1.29 is 14.4 Å². The van der Waals surface area contributed by atoms with Gasteiger partial charge >= 0.3 is 12.1 Å². The van der Waals surface area contributed by atoms with E-state index in [2.05, 4.69) is 0 Å². The number of likely N-dealkylation sites (tertiary alicyclic amines) is 1. The maximum atomic E-state index is 13.3. The topological polar surface area (TPSA) is 67.4 Å². The molecule has 38 heavy (non-hydrogen) atoms. The second-order valence-corrected chi connectivity index (χ2v) is 10.0. The van der Waals surface area contributed by atoms with Gasteiger partial charge in [0.05, 0.1) is 0 Å². The first-order valence-electron chi connectivity index (χ1n) is 13.7. The normalized spacial score (nSPS) is 14.8. The molecule has 3 rings (SSSR count). The molecule has 0 N–H and O–H groups in total. The van der Waals surface area contributed by atoms with Crippen LogP contribution < -0.4 is 9.80 Å². The van der Waals surface area contributed by atoms with Gasteiger partial charge in [-0.3, -0.25) is 14.6 Å². The summed E-state index contributed by atoms with van der Waals surface area (Å²) in [5, 5.41) is 0. The zero-order chi connectivity index (χ0) is 27.7. The highest BCUT2D eigenvalue weighted by molar-refractivity contribution is 6.02. The van der Waals surface area contributed by atoms with Crippen molar-refractivity contribution in [3.05, 3.63) is 60.2 Å². The molecule has 0 saturated carbocycles. The molecule has 0 aliphatic carbocycles. The number of anilines is 2. The van der Waals surface area contributed by atoms with E-state index < -0.39 is 0 Å². The van der Waals surface area contributed by atoms with Crippen LogP contribution in [0.25, 0.3) is 0 Å². The molecule has 1 unspecified atom stereocenters. The smallest absolute Gasteiger partial charge is 0.328 e. The average molecular weight is 522 g/mol. The molecule has 0 bridgehead atoms. The van der Waals surface area contributed by atoms with E-state index in [0.29, 0.717) is 38.5 Å². The molecular formula is C30H43N5O3. The van der Waals surface area contributed by atoms with Crippen molar-refractivity contribution in [3.63, 3.8) is 0 Å². The molecule has 2 aromatic rings. The third kappa shape index (κ3) is 7.49. The Morgan fingerprint density at radius 1 is 0.842 bits per heavy atom. The highest BCUT2D eigenvalue weighted by Gasteiger charge is 2.26. The number of rotatable bonds is 10. The summed E-state index contributed by atoms with van der Waals surface area (Å²) in [7, 11) is 3.55. The summed E-state index contributed by atoms with van der Waals surface area (Å²) in [4.78, 5) is 47.0. The minimum absolute atomic E-state index is 0.0596. The Hall–Kier alpha value is -3.55. The Bertz CT molecular complexity index is 1080. The average Bonchev–Trinajstić information content (AvgIpc) is 3.42. The van der Waals surface area contributed by atoms with E-state index in [4.69, 9.17) is 0 Å². The number of hydrogen-bond donors (Lipinski definition) is 0. The number of urea groups is 2. The Morgan fingerprint density at radius 3 is 2.11 bits per heavy atom. The summed E-state index contributed by atoms with van der Waals surface area (Å²) in [6, 6.07) is 17.5. The van der Waals surface area contributed by atoms with Crippen molar-refractivity contribution in [2.24, 2.45) is 5.92 Å². The fraction of sp³-hybridized carbons (Fsp3) is 0.500. The molecular weight excluding hydrogens is 478 g/mol. The van der Waals surface area contributed by atoms with Crippen LogP contribution in [0.15, 0.2) is 54.6 Å². The molecule has 0 radical (unpaired) electrons. The molecule has 206 valence electrons. The van der Waals surface area contributed by atoms with Gasteiger partial charge < -0.3 is 14.7 Å². The Balaban J connectivity index is 1.56. The molecule has 0 spiro atoms. The van der Waals surface area contributed by atoms with Crippen LogP contribution in [-0.4, -0.2) is 86.0 Å². The molecule has 0 aromatic heterocycles. The SMILES string of the molecule is CCN(CCc1cccc(N(C)C(=O)N(C)c2ccccc2)c1)C(=O)N(CC)CCC1CCN(C(C)=O)C1. The van der Waals surface area contributed by atoms with Crippen LogP contribution in [-0.2, 0) is 11.2 Å². The summed E-state index contributed by atoms with van der Waals surface area (Å²) < 4.78 is 0. The van der Waals surface area contributed by atoms with Gasteiger partial charge in [-0.05, 0) is 68.9 Å². The van der Waals surface area contributed by atoms with Crippen LogP contribution in [0.3, 0.4) is 0 Å². The molecule has 1 fully saturated rings. The number of amides is 5. The van der Waals surface area contributed by atoms with Crippen LogP contribution in [0.5, 0.6) is 0 Å². The lowest BCUT2D eigenvalue weighted by atomic mass is 10.0. The summed E-state index contributed by atoms with van der Waals surface area (Å²) >= 11 is 0. The van der Waals surface area contributed by atoms with Crippen molar-refractivity contribution in [3.8, 4) is 0 Å². The van der Waals surface area contributed by atoms with Crippen molar-refractivity contribution in [2.45, 2.75) is 40.0 Å². The first-order chi connectivity index (χ1) is 18.2. The lowest BCUT2D eigenvalue weighted by Gasteiger charge is -2.30. The summed E-state index contributed by atoms with van der Waals surface area (Å²) in [6.07, 6.45) is 2.63. The Labute approximate surface area is 227 Å². The van der Waals surface area contributed by atoms with Gasteiger partial charge in [-0.2, -0.15) is 0 Å². The van der Waals surface area contributed by atoms with Gasteiger partial charge in [0, 0.05) is 71.7 Å². The van der Waals surface area contributed by atoms with E-state index in [9.17, 15) is 14.4 Å². The van der Waals surface area contributed by atoms with Crippen LogP contribution in [0, 0.1) is 5.92 Å². The third-order valence-electron chi connectivity index (χ3n) is 7.53. The van der Waals surface area contributed by atoms with Crippen molar-refractivity contribution in [1.29, 1.82) is 0 Å². The number of carbonyl (C=O) groups excluding carboxylic acids is 3. The van der Waals surface area contributed by atoms with E-state index in [-0.39, 0.29) is 18.0 Å². The monoisotopic (exact) mass is 521 g/mol. The minimum Gasteiger partial charge on any atom is -0.343 e. The molecule has 1 aliphatic heterocycles.